The fraction of sp³-hybridized carbons (Fsp3) is 0.400. The summed E-state index contributed by atoms with van der Waals surface area (Å²) in [6.07, 6.45) is 20.4. The van der Waals surface area contributed by atoms with Crippen molar-refractivity contribution in [3.63, 3.8) is 0 Å². The molecule has 5 aromatic heterocycles. The van der Waals surface area contributed by atoms with Gasteiger partial charge in [0.15, 0.2) is 0 Å². The molecule has 13 nitrogen and oxygen atoms in total. The molecule has 0 aromatic carbocycles. The third-order valence-electron chi connectivity index (χ3n) is 10.4. The van der Waals surface area contributed by atoms with Crippen LogP contribution in [0.5, 0.6) is 0 Å². The van der Waals surface area contributed by atoms with Crippen LogP contribution < -0.4 is 17.2 Å². The lowest BCUT2D eigenvalue weighted by Crippen LogP contribution is -2.40. The molecule has 3 aliphatic heterocycles. The number of anilines is 3. The summed E-state index contributed by atoms with van der Waals surface area (Å²) in [5.41, 5.74) is 26.0. The number of nitrogens with one attached hydrogen (secondary N) is 2. The van der Waals surface area contributed by atoms with Gasteiger partial charge >= 0.3 is 0 Å². The van der Waals surface area contributed by atoms with Crippen LogP contribution in [0.25, 0.3) is 33.7 Å². The normalized spacial score (nSPS) is 18.6. The summed E-state index contributed by atoms with van der Waals surface area (Å²) >= 11 is 0. The molecule has 53 heavy (non-hydrogen) atoms. The first-order chi connectivity index (χ1) is 25.5. The van der Waals surface area contributed by atoms with Gasteiger partial charge in [0.25, 0.3) is 0 Å². The van der Waals surface area contributed by atoms with Crippen LogP contribution in [-0.4, -0.2) is 111 Å². The van der Waals surface area contributed by atoms with E-state index in [-0.39, 0.29) is 0 Å². The number of nitrogens with two attached hydrogens (primary N) is 3. The van der Waals surface area contributed by atoms with Crippen LogP contribution in [0.4, 0.5) is 17.1 Å². The Morgan fingerprint density at radius 3 is 1.98 bits per heavy atom. The predicted octanol–water partition coefficient (Wildman–Crippen LogP) is 4.44. The van der Waals surface area contributed by atoms with Crippen molar-refractivity contribution in [2.75, 3.05) is 77.6 Å². The van der Waals surface area contributed by atoms with Crippen LogP contribution >= 0.6 is 0 Å². The highest BCUT2D eigenvalue weighted by Crippen LogP contribution is 2.37. The highest BCUT2D eigenvalue weighted by molar-refractivity contribution is 5.92. The fourth-order valence-corrected chi connectivity index (χ4v) is 6.97. The zero-order valence-electron chi connectivity index (χ0n) is 31.1. The minimum Gasteiger partial charge on any atom is -0.397 e. The van der Waals surface area contributed by atoms with Crippen molar-refractivity contribution < 1.29 is 9.90 Å². The standard InChI is InChI=1S/C13H18N4O.C13H16N4.C8H8N2.C6H11NO/c1-17-4-2-13(18,3-5-17)11-8-16-12-10(11)6-9(14)7-15-12;1-17-4-2-9(3-5-17)12-8-16-13-11(12)6-10(14)7-15-13;9-7-4-6-2-1-3-8(6)10-5-7;1-7-4-2-6(8)3-5-7/h6-8,18H,2-5,14H2,1H3,(H,15,16);2,6-8H,3-5,14H2,1H3,(H,15,16);1-2,4-5H,3,9H2;2-5H2,1H3. The Morgan fingerprint density at radius 2 is 1.32 bits per heavy atom. The average Bonchev–Trinajstić information content (AvgIpc) is 3.91. The number of allylic oxidation sites excluding steroid dienone is 1. The lowest BCUT2D eigenvalue weighted by atomic mass is 9.84. The number of hydrogen-bond donors (Lipinski definition) is 6. The Labute approximate surface area is 311 Å². The lowest BCUT2D eigenvalue weighted by molar-refractivity contribution is -0.121. The highest BCUT2D eigenvalue weighted by Gasteiger charge is 2.35. The average molecular weight is 720 g/mol. The number of Topliss-reactive ketones (excluding diaryl/α,β-unsaturated/α-hetero) is 1. The minimum absolute atomic E-state index is 0.420. The summed E-state index contributed by atoms with van der Waals surface area (Å²) < 4.78 is 0. The molecule has 0 radical (unpaired) electrons. The SMILES string of the molecule is CN1CC=C(c2c[nH]c3ncc(N)cc23)CC1.CN1CCC(=O)CC1.CN1CCC(O)(c2c[nH]c3ncc(N)cc23)CC1.Nc1cnc2c(c1)C=CC2. The topological polar surface area (TPSA) is 195 Å². The number of likely N-dealkylation sites (tertiary alicyclic amines) is 2. The van der Waals surface area contributed by atoms with Gasteiger partial charge in [-0.3, -0.25) is 9.78 Å². The number of aliphatic hydroxyl groups is 1. The smallest absolute Gasteiger partial charge is 0.138 e. The molecule has 2 saturated heterocycles. The molecule has 2 fully saturated rings. The van der Waals surface area contributed by atoms with Gasteiger partial charge < -0.3 is 47.0 Å². The van der Waals surface area contributed by atoms with Crippen molar-refractivity contribution in [1.82, 2.24) is 39.6 Å². The number of hydrogen-bond acceptors (Lipinski definition) is 11. The third kappa shape index (κ3) is 9.48. The third-order valence-corrected chi connectivity index (χ3v) is 10.4. The number of rotatable bonds is 2. The van der Waals surface area contributed by atoms with Crippen molar-refractivity contribution >= 4 is 56.6 Å². The number of ketones is 1. The van der Waals surface area contributed by atoms with Gasteiger partial charge in [0, 0.05) is 92.8 Å². The molecule has 0 amide bonds. The maximum Gasteiger partial charge on any atom is 0.138 e. The minimum atomic E-state index is -0.764. The van der Waals surface area contributed by atoms with Gasteiger partial charge in [-0.05, 0) is 69.7 Å². The van der Waals surface area contributed by atoms with Gasteiger partial charge in [0.05, 0.1) is 46.9 Å². The van der Waals surface area contributed by atoms with Crippen LogP contribution in [-0.2, 0) is 16.8 Å². The van der Waals surface area contributed by atoms with Gasteiger partial charge in [0.2, 0.25) is 0 Å². The number of aromatic amines is 2. The van der Waals surface area contributed by atoms with Crippen molar-refractivity contribution in [3.8, 4) is 0 Å². The first kappa shape index (κ1) is 37.7. The van der Waals surface area contributed by atoms with E-state index in [1.165, 1.54) is 16.7 Å². The van der Waals surface area contributed by atoms with Crippen LogP contribution in [0.15, 0.2) is 61.3 Å². The van der Waals surface area contributed by atoms with Crippen LogP contribution in [0, 0.1) is 0 Å². The number of aromatic nitrogens is 5. The summed E-state index contributed by atoms with van der Waals surface area (Å²) in [5.74, 6) is 0.420. The molecule has 9 N–H and O–H groups in total. The first-order valence-corrected chi connectivity index (χ1v) is 18.3. The van der Waals surface area contributed by atoms with E-state index in [1.54, 1.807) is 18.6 Å². The molecule has 9 rings (SSSR count). The molecule has 0 unspecified atom stereocenters. The van der Waals surface area contributed by atoms with Crippen molar-refractivity contribution in [1.29, 1.82) is 0 Å². The zero-order chi connectivity index (χ0) is 37.5. The Balaban J connectivity index is 0.000000127. The van der Waals surface area contributed by atoms with Crippen LogP contribution in [0.2, 0.25) is 0 Å². The molecule has 4 aliphatic rings. The van der Waals surface area contributed by atoms with Crippen molar-refractivity contribution in [2.45, 2.75) is 44.1 Å². The second kappa shape index (κ2) is 16.7. The number of carbonyl (C=O) groups excluding carboxylic acids is 1. The van der Waals surface area contributed by atoms with Gasteiger partial charge in [-0.2, -0.15) is 0 Å². The van der Waals surface area contributed by atoms with E-state index >= 15 is 0 Å². The highest BCUT2D eigenvalue weighted by atomic mass is 16.3. The molecule has 1 aliphatic carbocycles. The molecular formula is C40H53N11O2. The number of nitrogen functional groups attached to an aromatic ring is 3. The fourth-order valence-electron chi connectivity index (χ4n) is 6.97. The van der Waals surface area contributed by atoms with E-state index in [0.29, 0.717) is 17.2 Å². The summed E-state index contributed by atoms with van der Waals surface area (Å²) in [4.78, 5) is 36.3. The summed E-state index contributed by atoms with van der Waals surface area (Å²) in [6.45, 7) is 5.83. The van der Waals surface area contributed by atoms with E-state index in [0.717, 1.165) is 117 Å². The molecule has 13 heteroatoms. The number of piperidine rings is 2. The van der Waals surface area contributed by atoms with Crippen LogP contribution in [0.3, 0.4) is 0 Å². The number of pyridine rings is 3. The van der Waals surface area contributed by atoms with Crippen molar-refractivity contribution in [3.05, 3.63) is 83.7 Å². The van der Waals surface area contributed by atoms with E-state index in [4.69, 9.17) is 17.2 Å². The first-order valence-electron chi connectivity index (χ1n) is 18.3. The number of carbonyl (C=O) groups is 1. The van der Waals surface area contributed by atoms with Gasteiger partial charge in [-0.25, -0.2) is 9.97 Å². The van der Waals surface area contributed by atoms with Crippen molar-refractivity contribution in [2.24, 2.45) is 0 Å². The monoisotopic (exact) mass is 719 g/mol. The van der Waals surface area contributed by atoms with Crippen LogP contribution in [0.1, 0.15) is 54.5 Å². The summed E-state index contributed by atoms with van der Waals surface area (Å²) in [5, 5.41) is 12.9. The second-order valence-electron chi connectivity index (χ2n) is 14.6. The zero-order valence-corrected chi connectivity index (χ0v) is 31.1. The molecule has 5 aromatic rings. The molecule has 0 bridgehead atoms. The quantitative estimate of drug-likeness (QED) is 0.151. The summed E-state index contributed by atoms with van der Waals surface area (Å²) in [7, 11) is 6.27. The Hall–Kier alpha value is -5.08. The van der Waals surface area contributed by atoms with E-state index in [9.17, 15) is 9.90 Å². The number of H-pyrrole nitrogens is 2. The lowest BCUT2D eigenvalue weighted by Gasteiger charge is -2.36. The summed E-state index contributed by atoms with van der Waals surface area (Å²) in [6, 6.07) is 5.82. The second-order valence-corrected chi connectivity index (χ2v) is 14.6. The molecular weight excluding hydrogens is 667 g/mol. The number of fused-ring (bicyclic) bond motifs is 3. The molecule has 280 valence electrons. The molecule has 0 saturated carbocycles. The van der Waals surface area contributed by atoms with Gasteiger partial charge in [-0.15, -0.1) is 0 Å². The molecule has 0 atom stereocenters. The van der Waals surface area contributed by atoms with Gasteiger partial charge in [-0.1, -0.05) is 18.2 Å². The predicted molar refractivity (Wildman–Crippen MR) is 215 cm³/mol. The Bertz CT molecular complexity index is 2080. The Morgan fingerprint density at radius 1 is 0.736 bits per heavy atom. The number of likely N-dealkylation sites (N-methyl/N-ethyl adjacent to an activating group) is 1. The number of nitrogens with zero attached hydrogens (tertiary/aromatic N) is 6. The van der Waals surface area contributed by atoms with Gasteiger partial charge in [0.1, 0.15) is 17.1 Å². The molecule has 0 spiro atoms. The van der Waals surface area contributed by atoms with E-state index < -0.39 is 5.60 Å². The van der Waals surface area contributed by atoms with E-state index in [2.05, 4.69) is 71.9 Å². The Kier molecular flexibility index (Phi) is 11.9. The largest absolute Gasteiger partial charge is 0.397 e. The maximum atomic E-state index is 10.8. The van der Waals surface area contributed by atoms with E-state index in [1.807, 2.05) is 37.6 Å². The maximum absolute atomic E-state index is 10.8. The molecule has 8 heterocycles.